The van der Waals surface area contributed by atoms with Crippen LogP contribution in [0.1, 0.15) is 37.7 Å². The molecule has 0 radical (unpaired) electrons. The highest BCUT2D eigenvalue weighted by atomic mass is 127. The number of halogens is 2. The van der Waals surface area contributed by atoms with E-state index >= 15 is 0 Å². The number of unbranched alkanes of at least 4 members (excludes halogenated alkanes) is 1. The molecule has 0 spiro atoms. The predicted molar refractivity (Wildman–Crippen MR) is 110 cm³/mol. The second-order valence-electron chi connectivity index (χ2n) is 5.58. The summed E-state index contributed by atoms with van der Waals surface area (Å²) in [4.78, 5) is 4.61. The zero-order chi connectivity index (χ0) is 15.8. The lowest BCUT2D eigenvalue weighted by atomic mass is 10.1. The number of hydrogen-bond acceptors (Lipinski definition) is 2. The molecule has 0 aromatic heterocycles. The van der Waals surface area contributed by atoms with E-state index in [9.17, 15) is 4.39 Å². The summed E-state index contributed by atoms with van der Waals surface area (Å²) in [6.45, 7) is 3.74. The van der Waals surface area contributed by atoms with Gasteiger partial charge in [0, 0.05) is 25.0 Å². The number of guanidine groups is 1. The van der Waals surface area contributed by atoms with Gasteiger partial charge in [0.2, 0.25) is 0 Å². The van der Waals surface area contributed by atoms with Crippen LogP contribution in [0.5, 0.6) is 0 Å². The fourth-order valence-electron chi connectivity index (χ4n) is 2.52. The van der Waals surface area contributed by atoms with Crippen molar-refractivity contribution < 1.29 is 4.39 Å². The van der Waals surface area contributed by atoms with Crippen molar-refractivity contribution in [3.05, 3.63) is 35.6 Å². The van der Waals surface area contributed by atoms with Gasteiger partial charge >= 0.3 is 0 Å². The minimum absolute atomic E-state index is 0. The number of aliphatic imine (C=N–C) groups is 1. The van der Waals surface area contributed by atoms with Gasteiger partial charge in [-0.15, -0.1) is 24.0 Å². The summed E-state index contributed by atoms with van der Waals surface area (Å²) < 4.78 is 13.8. The first kappa shape index (κ1) is 20.5. The summed E-state index contributed by atoms with van der Waals surface area (Å²) in [5, 5.41) is 6.70. The van der Waals surface area contributed by atoms with Crippen LogP contribution in [-0.2, 0) is 0 Å². The fourth-order valence-corrected chi connectivity index (χ4v) is 3.01. The Balaban J connectivity index is 0.00000264. The average Bonchev–Trinajstić information content (AvgIpc) is 3.26. The van der Waals surface area contributed by atoms with Crippen molar-refractivity contribution in [2.75, 3.05) is 25.1 Å². The van der Waals surface area contributed by atoms with Crippen LogP contribution in [-0.4, -0.2) is 37.1 Å². The summed E-state index contributed by atoms with van der Waals surface area (Å²) in [7, 11) is 0. The first-order chi connectivity index (χ1) is 10.8. The van der Waals surface area contributed by atoms with E-state index in [4.69, 9.17) is 0 Å². The molecule has 23 heavy (non-hydrogen) atoms. The Morgan fingerprint density at radius 1 is 1.35 bits per heavy atom. The fraction of sp³-hybridized carbons (Fsp3) is 0.588. The van der Waals surface area contributed by atoms with Gasteiger partial charge < -0.3 is 10.6 Å². The SMILES string of the molecule is CCNC(=NCCCCSC)NC1CC1c1ccccc1F.I. The van der Waals surface area contributed by atoms with Crippen molar-refractivity contribution in [1.29, 1.82) is 0 Å². The molecule has 6 heteroatoms. The minimum atomic E-state index is -0.101. The van der Waals surface area contributed by atoms with Crippen LogP contribution in [0.4, 0.5) is 4.39 Å². The molecule has 1 aromatic rings. The van der Waals surface area contributed by atoms with Crippen LogP contribution >= 0.6 is 35.7 Å². The van der Waals surface area contributed by atoms with E-state index in [1.165, 1.54) is 18.2 Å². The Labute approximate surface area is 160 Å². The third kappa shape index (κ3) is 6.87. The highest BCUT2D eigenvalue weighted by Gasteiger charge is 2.40. The molecule has 0 amide bonds. The lowest BCUT2D eigenvalue weighted by molar-refractivity contribution is 0.607. The smallest absolute Gasteiger partial charge is 0.191 e. The maximum atomic E-state index is 13.8. The Kier molecular flexibility index (Phi) is 9.94. The van der Waals surface area contributed by atoms with E-state index < -0.39 is 0 Å². The van der Waals surface area contributed by atoms with Crippen LogP contribution in [0, 0.1) is 5.82 Å². The molecule has 0 aliphatic heterocycles. The van der Waals surface area contributed by atoms with Crippen LogP contribution in [0.25, 0.3) is 0 Å². The molecule has 1 saturated carbocycles. The quantitative estimate of drug-likeness (QED) is 0.272. The average molecular weight is 451 g/mol. The summed E-state index contributed by atoms with van der Waals surface area (Å²) in [6.07, 6.45) is 5.41. The Morgan fingerprint density at radius 2 is 2.13 bits per heavy atom. The van der Waals surface area contributed by atoms with Crippen molar-refractivity contribution in [1.82, 2.24) is 10.6 Å². The largest absolute Gasteiger partial charge is 0.357 e. The third-order valence-corrected chi connectivity index (χ3v) is 4.48. The molecule has 1 fully saturated rings. The Morgan fingerprint density at radius 3 is 2.83 bits per heavy atom. The van der Waals surface area contributed by atoms with Gasteiger partial charge in [-0.25, -0.2) is 4.39 Å². The zero-order valence-corrected chi connectivity index (χ0v) is 17.0. The van der Waals surface area contributed by atoms with Gasteiger partial charge in [-0.3, -0.25) is 4.99 Å². The molecule has 3 nitrogen and oxygen atoms in total. The molecule has 1 aliphatic rings. The normalized spacial score (nSPS) is 19.9. The molecule has 0 heterocycles. The molecule has 2 unspecified atom stereocenters. The third-order valence-electron chi connectivity index (χ3n) is 3.79. The van der Waals surface area contributed by atoms with Gasteiger partial charge in [-0.2, -0.15) is 11.8 Å². The van der Waals surface area contributed by atoms with Gasteiger partial charge in [0.1, 0.15) is 5.82 Å². The molecule has 1 aromatic carbocycles. The van der Waals surface area contributed by atoms with Crippen molar-refractivity contribution in [2.45, 2.75) is 38.1 Å². The summed E-state index contributed by atoms with van der Waals surface area (Å²) in [5.41, 5.74) is 0.816. The van der Waals surface area contributed by atoms with Gasteiger partial charge in [0.05, 0.1) is 0 Å². The zero-order valence-electron chi connectivity index (χ0n) is 13.8. The monoisotopic (exact) mass is 451 g/mol. The van der Waals surface area contributed by atoms with Crippen LogP contribution in [0.3, 0.4) is 0 Å². The first-order valence-electron chi connectivity index (χ1n) is 8.04. The van der Waals surface area contributed by atoms with E-state index in [-0.39, 0.29) is 35.7 Å². The number of hydrogen-bond donors (Lipinski definition) is 2. The topological polar surface area (TPSA) is 36.4 Å². The number of benzene rings is 1. The Hall–Kier alpha value is -0.500. The molecular formula is C17H27FIN3S. The van der Waals surface area contributed by atoms with Crippen molar-refractivity contribution in [3.63, 3.8) is 0 Å². The molecule has 2 rings (SSSR count). The van der Waals surface area contributed by atoms with Gasteiger partial charge in [0.25, 0.3) is 0 Å². The molecule has 1 aliphatic carbocycles. The number of rotatable bonds is 8. The number of nitrogens with one attached hydrogen (secondary N) is 2. The van der Waals surface area contributed by atoms with Crippen LogP contribution in [0.15, 0.2) is 29.3 Å². The van der Waals surface area contributed by atoms with Crippen molar-refractivity contribution in [2.24, 2.45) is 4.99 Å². The predicted octanol–water partition coefficient (Wildman–Crippen LogP) is 4.00. The van der Waals surface area contributed by atoms with Crippen LogP contribution < -0.4 is 10.6 Å². The summed E-state index contributed by atoms with van der Waals surface area (Å²) in [5.74, 6) is 2.21. The molecular weight excluding hydrogens is 424 g/mol. The summed E-state index contributed by atoms with van der Waals surface area (Å²) >= 11 is 1.88. The molecule has 2 N–H and O–H groups in total. The lowest BCUT2D eigenvalue weighted by Crippen LogP contribution is -2.39. The molecule has 2 atom stereocenters. The van der Waals surface area contributed by atoms with Crippen LogP contribution in [0.2, 0.25) is 0 Å². The van der Waals surface area contributed by atoms with E-state index in [1.807, 2.05) is 23.9 Å². The second kappa shape index (κ2) is 11.1. The highest BCUT2D eigenvalue weighted by molar-refractivity contribution is 14.0. The second-order valence-corrected chi connectivity index (χ2v) is 6.56. The molecule has 130 valence electrons. The van der Waals surface area contributed by atoms with E-state index in [0.29, 0.717) is 6.04 Å². The first-order valence-corrected chi connectivity index (χ1v) is 9.43. The number of nitrogens with zero attached hydrogens (tertiary/aromatic N) is 1. The standard InChI is InChI=1S/C17H26FN3S.HI/c1-3-19-17(20-10-6-7-11-22-2)21-16-12-14(16)13-8-4-5-9-15(13)18;/h4-5,8-9,14,16H,3,6-7,10-12H2,1-2H3,(H2,19,20,21);1H. The Bertz CT molecular complexity index is 498. The number of thioether (sulfide) groups is 1. The van der Waals surface area contributed by atoms with Crippen molar-refractivity contribution >= 4 is 41.7 Å². The van der Waals surface area contributed by atoms with E-state index in [0.717, 1.165) is 37.5 Å². The maximum absolute atomic E-state index is 13.8. The van der Waals surface area contributed by atoms with Gasteiger partial charge in [-0.1, -0.05) is 18.2 Å². The van der Waals surface area contributed by atoms with Gasteiger partial charge in [-0.05, 0) is 49.8 Å². The van der Waals surface area contributed by atoms with E-state index in [2.05, 4.69) is 28.8 Å². The lowest BCUT2D eigenvalue weighted by Gasteiger charge is -2.11. The van der Waals surface area contributed by atoms with Crippen molar-refractivity contribution in [3.8, 4) is 0 Å². The maximum Gasteiger partial charge on any atom is 0.191 e. The van der Waals surface area contributed by atoms with E-state index in [1.54, 1.807) is 6.07 Å². The summed E-state index contributed by atoms with van der Waals surface area (Å²) in [6, 6.07) is 7.35. The van der Waals surface area contributed by atoms with Gasteiger partial charge in [0.15, 0.2) is 5.96 Å². The molecule has 0 saturated heterocycles. The minimum Gasteiger partial charge on any atom is -0.357 e. The highest BCUT2D eigenvalue weighted by Crippen LogP contribution is 2.41. The molecule has 0 bridgehead atoms.